The van der Waals surface area contributed by atoms with Crippen LogP contribution >= 0.6 is 35.3 Å². The summed E-state index contributed by atoms with van der Waals surface area (Å²) < 4.78 is 4.63. The second kappa shape index (κ2) is 14.5. The summed E-state index contributed by atoms with van der Waals surface area (Å²) in [6, 6.07) is 4.27. The van der Waals surface area contributed by atoms with Gasteiger partial charge in [-0.2, -0.15) is 0 Å². The maximum atomic E-state index is 11.0. The summed E-state index contributed by atoms with van der Waals surface area (Å²) >= 11 is 1.80. The summed E-state index contributed by atoms with van der Waals surface area (Å²) in [5, 5.41) is 8.69. The second-order valence-electron chi connectivity index (χ2n) is 5.57. The lowest BCUT2D eigenvalue weighted by molar-refractivity contribution is -0.140. The van der Waals surface area contributed by atoms with Gasteiger partial charge in [0.2, 0.25) is 0 Å². The molecule has 7 heteroatoms. The number of ether oxygens (including phenoxy) is 1. The monoisotopic (exact) mass is 467 g/mol. The van der Waals surface area contributed by atoms with Gasteiger partial charge in [-0.3, -0.25) is 9.79 Å². The Morgan fingerprint density at radius 3 is 2.79 bits per heavy atom. The first kappa shape index (κ1) is 23.2. The predicted octanol–water partition coefficient (Wildman–Crippen LogP) is 3.44. The van der Waals surface area contributed by atoms with Gasteiger partial charge in [0.15, 0.2) is 5.96 Å². The molecule has 0 saturated heterocycles. The van der Waals surface area contributed by atoms with Crippen molar-refractivity contribution in [2.24, 2.45) is 10.9 Å². The molecule has 1 unspecified atom stereocenters. The van der Waals surface area contributed by atoms with E-state index in [1.807, 2.05) is 0 Å². The summed E-state index contributed by atoms with van der Waals surface area (Å²) in [6.07, 6.45) is 3.29. The number of aliphatic imine (C=N–C) groups is 1. The molecule has 0 aliphatic carbocycles. The SMILES string of the molecule is CCNC(=NCC(C)Cc1cccs1)NCCCCC(=O)OC.I. The van der Waals surface area contributed by atoms with Crippen LogP contribution in [0, 0.1) is 5.92 Å². The molecule has 0 aliphatic heterocycles. The van der Waals surface area contributed by atoms with Gasteiger partial charge in [-0.25, -0.2) is 0 Å². The molecule has 0 bridgehead atoms. The Labute approximate surface area is 166 Å². The van der Waals surface area contributed by atoms with Crippen molar-refractivity contribution in [3.63, 3.8) is 0 Å². The molecule has 0 fully saturated rings. The van der Waals surface area contributed by atoms with E-state index >= 15 is 0 Å². The van der Waals surface area contributed by atoms with Crippen LogP contribution in [-0.4, -0.2) is 38.7 Å². The fraction of sp³-hybridized carbons (Fsp3) is 0.647. The minimum absolute atomic E-state index is 0. The number of rotatable bonds is 10. The Balaban J connectivity index is 0.00000529. The number of esters is 1. The predicted molar refractivity (Wildman–Crippen MR) is 112 cm³/mol. The minimum Gasteiger partial charge on any atom is -0.469 e. The van der Waals surface area contributed by atoms with Gasteiger partial charge < -0.3 is 15.4 Å². The third kappa shape index (κ3) is 10.9. The number of hydrogen-bond acceptors (Lipinski definition) is 4. The van der Waals surface area contributed by atoms with E-state index < -0.39 is 0 Å². The van der Waals surface area contributed by atoms with Crippen molar-refractivity contribution in [2.75, 3.05) is 26.7 Å². The lowest BCUT2D eigenvalue weighted by atomic mass is 10.1. The highest BCUT2D eigenvalue weighted by Crippen LogP contribution is 2.14. The second-order valence-corrected chi connectivity index (χ2v) is 6.60. The first-order chi connectivity index (χ1) is 11.2. The lowest BCUT2D eigenvalue weighted by Crippen LogP contribution is -2.38. The first-order valence-corrected chi connectivity index (χ1v) is 9.15. The number of carbonyl (C=O) groups excluding carboxylic acids is 1. The maximum absolute atomic E-state index is 11.0. The van der Waals surface area contributed by atoms with E-state index in [1.165, 1.54) is 12.0 Å². The normalized spacial score (nSPS) is 12.2. The molecule has 24 heavy (non-hydrogen) atoms. The molecule has 0 saturated carbocycles. The van der Waals surface area contributed by atoms with E-state index in [0.29, 0.717) is 12.3 Å². The van der Waals surface area contributed by atoms with Crippen molar-refractivity contribution in [1.29, 1.82) is 0 Å². The molecule has 1 aromatic rings. The van der Waals surface area contributed by atoms with Crippen LogP contribution in [0.15, 0.2) is 22.5 Å². The van der Waals surface area contributed by atoms with Gasteiger partial charge in [0.25, 0.3) is 0 Å². The summed E-state index contributed by atoms with van der Waals surface area (Å²) in [4.78, 5) is 17.1. The fourth-order valence-corrected chi connectivity index (χ4v) is 3.00. The van der Waals surface area contributed by atoms with E-state index in [0.717, 1.165) is 44.9 Å². The Bertz CT molecular complexity index is 466. The van der Waals surface area contributed by atoms with Crippen LogP contribution < -0.4 is 10.6 Å². The standard InChI is InChI=1S/C17H29N3O2S.HI/c1-4-18-17(19-10-6-5-9-16(21)22-3)20-13-14(2)12-15-8-7-11-23-15;/h7-8,11,14H,4-6,9-10,12-13H2,1-3H3,(H2,18,19,20);1H. The summed E-state index contributed by atoms with van der Waals surface area (Å²) in [5.41, 5.74) is 0. The quantitative estimate of drug-likeness (QED) is 0.182. The molecule has 5 nitrogen and oxygen atoms in total. The fourth-order valence-electron chi connectivity index (χ4n) is 2.13. The van der Waals surface area contributed by atoms with Gasteiger partial charge in [0, 0.05) is 30.9 Å². The van der Waals surface area contributed by atoms with Gasteiger partial charge in [-0.05, 0) is 43.6 Å². The summed E-state index contributed by atoms with van der Waals surface area (Å²) in [5.74, 6) is 1.22. The molecule has 2 N–H and O–H groups in total. The van der Waals surface area contributed by atoms with E-state index in [2.05, 4.69) is 51.7 Å². The number of hydrogen-bond donors (Lipinski definition) is 2. The van der Waals surface area contributed by atoms with Crippen molar-refractivity contribution >= 4 is 47.2 Å². The summed E-state index contributed by atoms with van der Waals surface area (Å²) in [7, 11) is 1.42. The lowest BCUT2D eigenvalue weighted by Gasteiger charge is -2.13. The van der Waals surface area contributed by atoms with Gasteiger partial charge in [0.1, 0.15) is 0 Å². The molecular weight excluding hydrogens is 437 g/mol. The van der Waals surface area contributed by atoms with Crippen LogP contribution in [0.2, 0.25) is 0 Å². The number of nitrogens with one attached hydrogen (secondary N) is 2. The van der Waals surface area contributed by atoms with Gasteiger partial charge in [-0.1, -0.05) is 13.0 Å². The topological polar surface area (TPSA) is 62.7 Å². The van der Waals surface area contributed by atoms with Crippen LogP contribution in [0.5, 0.6) is 0 Å². The largest absolute Gasteiger partial charge is 0.469 e. The van der Waals surface area contributed by atoms with E-state index in [1.54, 1.807) is 11.3 Å². The highest BCUT2D eigenvalue weighted by molar-refractivity contribution is 14.0. The number of unbranched alkanes of at least 4 members (excludes halogenated alkanes) is 1. The molecule has 0 amide bonds. The Morgan fingerprint density at radius 1 is 1.38 bits per heavy atom. The number of thiophene rings is 1. The van der Waals surface area contributed by atoms with Gasteiger partial charge >= 0.3 is 5.97 Å². The average molecular weight is 467 g/mol. The zero-order valence-corrected chi connectivity index (χ0v) is 18.0. The highest BCUT2D eigenvalue weighted by Gasteiger charge is 2.05. The van der Waals surface area contributed by atoms with E-state index in [4.69, 9.17) is 0 Å². The summed E-state index contributed by atoms with van der Waals surface area (Å²) in [6.45, 7) is 6.73. The van der Waals surface area contributed by atoms with Crippen molar-refractivity contribution in [3.8, 4) is 0 Å². The number of halogens is 1. The van der Waals surface area contributed by atoms with Crippen LogP contribution in [0.1, 0.15) is 38.0 Å². The zero-order valence-electron chi connectivity index (χ0n) is 14.8. The van der Waals surface area contributed by atoms with Gasteiger partial charge in [-0.15, -0.1) is 35.3 Å². The number of methoxy groups -OCH3 is 1. The molecule has 1 atom stereocenters. The first-order valence-electron chi connectivity index (χ1n) is 8.27. The minimum atomic E-state index is -0.145. The number of nitrogens with zero attached hydrogens (tertiary/aromatic N) is 1. The van der Waals surface area contributed by atoms with Crippen molar-refractivity contribution in [3.05, 3.63) is 22.4 Å². The van der Waals surface area contributed by atoms with E-state index in [-0.39, 0.29) is 29.9 Å². The highest BCUT2D eigenvalue weighted by atomic mass is 127. The van der Waals surface area contributed by atoms with E-state index in [9.17, 15) is 4.79 Å². The Kier molecular flexibility index (Phi) is 14.0. The third-order valence-electron chi connectivity index (χ3n) is 3.36. The van der Waals surface area contributed by atoms with Gasteiger partial charge in [0.05, 0.1) is 7.11 Å². The number of carbonyl (C=O) groups is 1. The molecule has 1 rings (SSSR count). The average Bonchev–Trinajstić information content (AvgIpc) is 3.04. The maximum Gasteiger partial charge on any atom is 0.305 e. The molecule has 0 spiro atoms. The smallest absolute Gasteiger partial charge is 0.305 e. The van der Waals surface area contributed by atoms with Crippen LogP contribution in [0.4, 0.5) is 0 Å². The van der Waals surface area contributed by atoms with Crippen molar-refractivity contribution in [2.45, 2.75) is 39.5 Å². The van der Waals surface area contributed by atoms with Crippen LogP contribution in [0.25, 0.3) is 0 Å². The Morgan fingerprint density at radius 2 is 2.17 bits per heavy atom. The molecule has 0 aliphatic rings. The molecule has 0 radical (unpaired) electrons. The molecule has 1 heterocycles. The van der Waals surface area contributed by atoms with Crippen molar-refractivity contribution < 1.29 is 9.53 Å². The van der Waals surface area contributed by atoms with Crippen LogP contribution in [-0.2, 0) is 16.0 Å². The molecular formula is C17H30IN3O2S. The molecule has 138 valence electrons. The third-order valence-corrected chi connectivity index (χ3v) is 4.26. The van der Waals surface area contributed by atoms with Crippen molar-refractivity contribution in [1.82, 2.24) is 10.6 Å². The number of guanidine groups is 1. The molecule has 0 aromatic carbocycles. The van der Waals surface area contributed by atoms with Crippen LogP contribution in [0.3, 0.4) is 0 Å². The zero-order chi connectivity index (χ0) is 16.9. The molecule has 1 aromatic heterocycles. The Hall–Kier alpha value is -0.830.